The normalized spacial score (nSPS) is 11.7. The smallest absolute Gasteiger partial charge is 0.202 e. The van der Waals surface area contributed by atoms with Crippen molar-refractivity contribution in [3.05, 3.63) is 24.6 Å². The van der Waals surface area contributed by atoms with Gasteiger partial charge in [-0.05, 0) is 19.4 Å². The molecule has 0 unspecified atom stereocenters. The Balaban J connectivity index is 0. The molecule has 72 valence electrons. The van der Waals surface area contributed by atoms with E-state index in [1.807, 2.05) is 6.08 Å². The van der Waals surface area contributed by atoms with Crippen LogP contribution in [0.25, 0.3) is 0 Å². The van der Waals surface area contributed by atoms with E-state index in [-0.39, 0.29) is 0 Å². The zero-order valence-electron chi connectivity index (χ0n) is 7.08. The predicted octanol–water partition coefficient (Wildman–Crippen LogP) is 4.00. The molecule has 0 atom stereocenters. The summed E-state index contributed by atoms with van der Waals surface area (Å²) in [7, 11) is 0. The summed E-state index contributed by atoms with van der Waals surface area (Å²) in [6.07, 6.45) is -1.46. The van der Waals surface area contributed by atoms with E-state index in [9.17, 15) is 17.6 Å². The standard InChI is InChI=1S/C4H4F4.C4H8/c1-2-3(5)4(6,7)8;1-3-4-2/h2H,1H3;3H,1,4H2,2H3. The first kappa shape index (κ1) is 13.8. The van der Waals surface area contributed by atoms with Crippen molar-refractivity contribution in [2.75, 3.05) is 0 Å². The molecule has 0 radical (unpaired) electrons. The third-order valence-corrected chi connectivity index (χ3v) is 0.813. The maximum Gasteiger partial charge on any atom is 0.442 e. The van der Waals surface area contributed by atoms with Crippen LogP contribution >= 0.6 is 0 Å². The van der Waals surface area contributed by atoms with Gasteiger partial charge in [-0.3, -0.25) is 0 Å². The summed E-state index contributed by atoms with van der Waals surface area (Å²) in [5, 5.41) is 0. The molecular formula is C8H12F4. The number of hydrogen-bond donors (Lipinski definition) is 0. The van der Waals surface area contributed by atoms with Crippen molar-refractivity contribution in [1.82, 2.24) is 0 Å². The zero-order chi connectivity index (χ0) is 10.2. The second-order valence-electron chi connectivity index (χ2n) is 1.83. The highest BCUT2D eigenvalue weighted by Gasteiger charge is 2.33. The van der Waals surface area contributed by atoms with Crippen LogP contribution in [0.1, 0.15) is 20.3 Å². The second kappa shape index (κ2) is 6.88. The summed E-state index contributed by atoms with van der Waals surface area (Å²) >= 11 is 0. The fraction of sp³-hybridized carbons (Fsp3) is 0.500. The summed E-state index contributed by atoms with van der Waals surface area (Å²) in [6, 6.07) is 0. The predicted molar refractivity (Wildman–Crippen MR) is 41.4 cm³/mol. The van der Waals surface area contributed by atoms with Crippen molar-refractivity contribution in [2.24, 2.45) is 0 Å². The molecule has 12 heavy (non-hydrogen) atoms. The van der Waals surface area contributed by atoms with Gasteiger partial charge in [-0.1, -0.05) is 13.0 Å². The van der Waals surface area contributed by atoms with Crippen LogP contribution in [-0.4, -0.2) is 6.18 Å². The molecule has 0 aliphatic carbocycles. The third kappa shape index (κ3) is 9.20. The third-order valence-electron chi connectivity index (χ3n) is 0.813. The first-order valence-electron chi connectivity index (χ1n) is 3.40. The summed E-state index contributed by atoms with van der Waals surface area (Å²) < 4.78 is 44.4. The van der Waals surface area contributed by atoms with Crippen molar-refractivity contribution in [1.29, 1.82) is 0 Å². The van der Waals surface area contributed by atoms with E-state index in [2.05, 4.69) is 13.5 Å². The maximum absolute atomic E-state index is 11.4. The van der Waals surface area contributed by atoms with Crippen molar-refractivity contribution in [3.8, 4) is 0 Å². The summed E-state index contributed by atoms with van der Waals surface area (Å²) in [5.74, 6) is -2.04. The van der Waals surface area contributed by atoms with E-state index in [0.717, 1.165) is 13.3 Å². The van der Waals surface area contributed by atoms with E-state index in [1.54, 1.807) is 0 Å². The summed E-state index contributed by atoms with van der Waals surface area (Å²) in [4.78, 5) is 0. The van der Waals surface area contributed by atoms with E-state index in [4.69, 9.17) is 0 Å². The number of hydrogen-bond acceptors (Lipinski definition) is 0. The molecule has 0 rings (SSSR count). The monoisotopic (exact) mass is 184 g/mol. The highest BCUT2D eigenvalue weighted by Crippen LogP contribution is 2.25. The van der Waals surface area contributed by atoms with Gasteiger partial charge in [0.15, 0.2) is 5.83 Å². The van der Waals surface area contributed by atoms with Crippen LogP contribution < -0.4 is 0 Å². The first-order chi connectivity index (χ1) is 5.40. The second-order valence-corrected chi connectivity index (χ2v) is 1.83. The fourth-order valence-electron chi connectivity index (χ4n) is 0.164. The average Bonchev–Trinajstić information content (AvgIpc) is 2.02. The Kier molecular flexibility index (Phi) is 7.90. The first-order valence-corrected chi connectivity index (χ1v) is 3.40. The van der Waals surface area contributed by atoms with Crippen LogP contribution in [0.3, 0.4) is 0 Å². The van der Waals surface area contributed by atoms with Gasteiger partial charge in [-0.25, -0.2) is 4.39 Å². The summed E-state index contributed by atoms with van der Waals surface area (Å²) in [6.45, 7) is 6.53. The van der Waals surface area contributed by atoms with Crippen molar-refractivity contribution in [2.45, 2.75) is 26.4 Å². The molecule has 0 aromatic carbocycles. The maximum atomic E-state index is 11.4. The minimum atomic E-state index is -4.80. The average molecular weight is 184 g/mol. The van der Waals surface area contributed by atoms with Gasteiger partial charge >= 0.3 is 6.18 Å². The summed E-state index contributed by atoms with van der Waals surface area (Å²) in [5.41, 5.74) is 0. The van der Waals surface area contributed by atoms with Gasteiger partial charge in [-0.2, -0.15) is 13.2 Å². The Morgan fingerprint density at radius 3 is 1.75 bits per heavy atom. The molecule has 0 N–H and O–H groups in total. The quantitative estimate of drug-likeness (QED) is 0.426. The van der Waals surface area contributed by atoms with Crippen LogP contribution in [0, 0.1) is 0 Å². The van der Waals surface area contributed by atoms with E-state index < -0.39 is 12.0 Å². The molecule has 0 aliphatic rings. The van der Waals surface area contributed by atoms with Gasteiger partial charge in [-0.15, -0.1) is 6.58 Å². The largest absolute Gasteiger partial charge is 0.442 e. The van der Waals surface area contributed by atoms with E-state index in [0.29, 0.717) is 6.08 Å². The van der Waals surface area contributed by atoms with Crippen LogP contribution in [0.4, 0.5) is 17.6 Å². The van der Waals surface area contributed by atoms with Gasteiger partial charge in [0.25, 0.3) is 0 Å². The molecule has 0 amide bonds. The lowest BCUT2D eigenvalue weighted by Gasteiger charge is -1.99. The van der Waals surface area contributed by atoms with Crippen molar-refractivity contribution < 1.29 is 17.6 Å². The topological polar surface area (TPSA) is 0 Å². The van der Waals surface area contributed by atoms with E-state index in [1.165, 1.54) is 0 Å². The molecule has 4 heteroatoms. The lowest BCUT2D eigenvalue weighted by Crippen LogP contribution is -2.06. The molecule has 0 fully saturated rings. The number of halogens is 4. The Bertz CT molecular complexity index is 144. The molecule has 0 aromatic heterocycles. The van der Waals surface area contributed by atoms with Gasteiger partial charge in [0.2, 0.25) is 0 Å². The molecule has 0 saturated heterocycles. The number of alkyl halides is 3. The minimum Gasteiger partial charge on any atom is -0.202 e. The molecule has 0 saturated carbocycles. The lowest BCUT2D eigenvalue weighted by atomic mass is 10.5. The van der Waals surface area contributed by atoms with Crippen molar-refractivity contribution >= 4 is 0 Å². The van der Waals surface area contributed by atoms with Crippen LogP contribution in [0.2, 0.25) is 0 Å². The highest BCUT2D eigenvalue weighted by atomic mass is 19.4. The number of allylic oxidation sites excluding steroid dienone is 3. The molecular weight excluding hydrogens is 172 g/mol. The highest BCUT2D eigenvalue weighted by molar-refractivity contribution is 4.95. The van der Waals surface area contributed by atoms with E-state index >= 15 is 0 Å². The minimum absolute atomic E-state index is 0.375. The van der Waals surface area contributed by atoms with Crippen LogP contribution in [0.5, 0.6) is 0 Å². The molecule has 0 nitrogen and oxygen atoms in total. The molecule has 0 heterocycles. The SMILES string of the molecule is C=CCC.CC=C(F)C(F)(F)F. The molecule has 0 aliphatic heterocycles. The Hall–Kier alpha value is -0.800. The van der Waals surface area contributed by atoms with Gasteiger partial charge in [0.05, 0.1) is 0 Å². The Labute approximate surface area is 69.6 Å². The van der Waals surface area contributed by atoms with Crippen LogP contribution in [0.15, 0.2) is 24.6 Å². The molecule has 0 aromatic rings. The fourth-order valence-corrected chi connectivity index (χ4v) is 0.164. The molecule has 0 bridgehead atoms. The van der Waals surface area contributed by atoms with Gasteiger partial charge < -0.3 is 0 Å². The van der Waals surface area contributed by atoms with Crippen LogP contribution in [-0.2, 0) is 0 Å². The van der Waals surface area contributed by atoms with Gasteiger partial charge in [0, 0.05) is 0 Å². The number of rotatable bonds is 1. The van der Waals surface area contributed by atoms with Crippen molar-refractivity contribution in [3.63, 3.8) is 0 Å². The molecule has 0 spiro atoms. The Morgan fingerprint density at radius 1 is 1.42 bits per heavy atom. The zero-order valence-corrected chi connectivity index (χ0v) is 7.08. The Morgan fingerprint density at radius 2 is 1.75 bits per heavy atom. The van der Waals surface area contributed by atoms with Gasteiger partial charge in [0.1, 0.15) is 0 Å². The lowest BCUT2D eigenvalue weighted by molar-refractivity contribution is -0.108.